The van der Waals surface area contributed by atoms with Crippen LogP contribution in [0.25, 0.3) is 0 Å². The maximum Gasteiger partial charge on any atom is 0.228 e. The predicted molar refractivity (Wildman–Crippen MR) is 83.5 cm³/mol. The maximum absolute atomic E-state index is 12.8. The molecule has 0 aromatic heterocycles. The zero-order valence-electron chi connectivity index (χ0n) is 13.6. The highest BCUT2D eigenvalue weighted by molar-refractivity contribution is 7.91. The predicted octanol–water partition coefficient (Wildman–Crippen LogP) is -0.342. The summed E-state index contributed by atoms with van der Waals surface area (Å²) in [6.07, 6.45) is 0.678. The average Bonchev–Trinajstić information content (AvgIpc) is 3.03. The molecule has 4 atom stereocenters. The van der Waals surface area contributed by atoms with Crippen LogP contribution >= 0.6 is 0 Å². The van der Waals surface area contributed by atoms with Crippen molar-refractivity contribution in [2.75, 3.05) is 31.2 Å². The lowest BCUT2D eigenvalue weighted by atomic mass is 10.0. The summed E-state index contributed by atoms with van der Waals surface area (Å²) < 4.78 is 28.8. The van der Waals surface area contributed by atoms with Gasteiger partial charge in [-0.05, 0) is 20.3 Å². The Morgan fingerprint density at radius 1 is 1.26 bits per heavy atom. The van der Waals surface area contributed by atoms with E-state index in [0.717, 1.165) is 0 Å². The van der Waals surface area contributed by atoms with Gasteiger partial charge in [-0.1, -0.05) is 0 Å². The van der Waals surface area contributed by atoms with E-state index in [4.69, 9.17) is 4.74 Å². The molecular formula is C15H24N2O5S. The van der Waals surface area contributed by atoms with Crippen molar-refractivity contribution in [1.29, 1.82) is 0 Å². The number of amides is 2. The number of ether oxygens (including phenoxy) is 1. The molecule has 0 spiro atoms. The number of carbonyl (C=O) groups excluding carboxylic acids is 2. The topological polar surface area (TPSA) is 84.0 Å². The smallest absolute Gasteiger partial charge is 0.228 e. The van der Waals surface area contributed by atoms with Gasteiger partial charge < -0.3 is 14.5 Å². The number of likely N-dealkylation sites (tertiary alicyclic amines) is 1. The summed E-state index contributed by atoms with van der Waals surface area (Å²) >= 11 is 0. The number of carbonyl (C=O) groups is 2. The molecule has 8 heteroatoms. The molecule has 0 unspecified atom stereocenters. The first-order valence-electron chi connectivity index (χ1n) is 8.19. The van der Waals surface area contributed by atoms with Crippen molar-refractivity contribution in [3.8, 4) is 0 Å². The zero-order valence-corrected chi connectivity index (χ0v) is 14.4. The normalized spacial score (nSPS) is 37.4. The minimum absolute atomic E-state index is 0.00309. The van der Waals surface area contributed by atoms with Gasteiger partial charge in [0.1, 0.15) is 0 Å². The lowest BCUT2D eigenvalue weighted by Gasteiger charge is -2.38. The highest BCUT2D eigenvalue weighted by Gasteiger charge is 2.44. The summed E-state index contributed by atoms with van der Waals surface area (Å²) in [6, 6.07) is -0.249. The largest absolute Gasteiger partial charge is 0.375 e. The Morgan fingerprint density at radius 2 is 2.00 bits per heavy atom. The van der Waals surface area contributed by atoms with Gasteiger partial charge in [-0.2, -0.15) is 0 Å². The Hall–Kier alpha value is -1.15. The summed E-state index contributed by atoms with van der Waals surface area (Å²) in [5, 5.41) is 0. The molecule has 3 rings (SSSR count). The van der Waals surface area contributed by atoms with Gasteiger partial charge in [-0.3, -0.25) is 9.59 Å². The molecule has 3 aliphatic rings. The molecule has 0 bridgehead atoms. The Labute approximate surface area is 136 Å². The molecular weight excluding hydrogens is 320 g/mol. The Morgan fingerprint density at radius 3 is 2.65 bits per heavy atom. The fourth-order valence-corrected chi connectivity index (χ4v) is 5.45. The van der Waals surface area contributed by atoms with Crippen LogP contribution in [0.15, 0.2) is 0 Å². The van der Waals surface area contributed by atoms with E-state index in [2.05, 4.69) is 0 Å². The lowest BCUT2D eigenvalue weighted by Crippen LogP contribution is -2.52. The first-order valence-corrected chi connectivity index (χ1v) is 10.0. The van der Waals surface area contributed by atoms with Gasteiger partial charge >= 0.3 is 0 Å². The summed E-state index contributed by atoms with van der Waals surface area (Å²) in [7, 11) is -3.04. The molecule has 3 saturated heterocycles. The first-order chi connectivity index (χ1) is 10.8. The molecule has 130 valence electrons. The molecule has 7 nitrogen and oxygen atoms in total. The van der Waals surface area contributed by atoms with Crippen LogP contribution in [0.4, 0.5) is 0 Å². The lowest BCUT2D eigenvalue weighted by molar-refractivity contribution is -0.147. The van der Waals surface area contributed by atoms with Crippen LogP contribution in [0.3, 0.4) is 0 Å². The minimum atomic E-state index is -3.04. The Balaban J connectivity index is 1.66. The molecule has 3 heterocycles. The molecule has 3 fully saturated rings. The molecule has 0 N–H and O–H groups in total. The Kier molecular flexibility index (Phi) is 4.39. The number of hydrogen-bond acceptors (Lipinski definition) is 5. The summed E-state index contributed by atoms with van der Waals surface area (Å²) in [4.78, 5) is 28.4. The van der Waals surface area contributed by atoms with Crippen LogP contribution in [0.1, 0.15) is 26.7 Å². The standard InChI is InChI=1S/C15H24N2O5S/c1-10-8-22-11(2)6-16(10)15(19)12-5-14(18)17(7-12)13-3-4-23(20,21)9-13/h10-13H,3-9H2,1-2H3/t10-,11+,12+,13+/m0/s1. The van der Waals surface area contributed by atoms with Gasteiger partial charge in [-0.25, -0.2) is 8.42 Å². The second-order valence-electron chi connectivity index (χ2n) is 6.99. The van der Waals surface area contributed by atoms with Crippen LogP contribution in [-0.4, -0.2) is 79.4 Å². The molecule has 23 heavy (non-hydrogen) atoms. The third kappa shape index (κ3) is 3.38. The van der Waals surface area contributed by atoms with E-state index in [1.807, 2.05) is 13.8 Å². The minimum Gasteiger partial charge on any atom is -0.375 e. The zero-order chi connectivity index (χ0) is 16.8. The van der Waals surface area contributed by atoms with E-state index >= 15 is 0 Å². The van der Waals surface area contributed by atoms with Crippen LogP contribution in [0.5, 0.6) is 0 Å². The van der Waals surface area contributed by atoms with E-state index in [9.17, 15) is 18.0 Å². The number of sulfone groups is 1. The fourth-order valence-electron chi connectivity index (χ4n) is 3.72. The molecule has 2 amide bonds. The summed E-state index contributed by atoms with van der Waals surface area (Å²) in [6.45, 7) is 5.28. The molecule has 0 radical (unpaired) electrons. The molecule has 0 aromatic rings. The molecule has 3 aliphatic heterocycles. The first kappa shape index (κ1) is 16.7. The Bertz CT molecular complexity index is 605. The van der Waals surface area contributed by atoms with Crippen LogP contribution in [0, 0.1) is 5.92 Å². The monoisotopic (exact) mass is 344 g/mol. The molecule has 0 aliphatic carbocycles. The SMILES string of the molecule is C[C@@H]1CN(C(=O)[C@@H]2CC(=O)N([C@@H]3CCS(=O)(=O)C3)C2)[C@@H](C)CO1. The van der Waals surface area contributed by atoms with Crippen molar-refractivity contribution in [3.63, 3.8) is 0 Å². The number of nitrogens with zero attached hydrogens (tertiary/aromatic N) is 2. The van der Waals surface area contributed by atoms with Gasteiger partial charge in [0.05, 0.1) is 36.2 Å². The van der Waals surface area contributed by atoms with Gasteiger partial charge in [-0.15, -0.1) is 0 Å². The second kappa shape index (κ2) is 6.05. The maximum atomic E-state index is 12.8. The fraction of sp³-hybridized carbons (Fsp3) is 0.867. The van der Waals surface area contributed by atoms with Gasteiger partial charge in [0.2, 0.25) is 11.8 Å². The number of morpholine rings is 1. The van der Waals surface area contributed by atoms with Crippen LogP contribution in [-0.2, 0) is 24.2 Å². The van der Waals surface area contributed by atoms with Gasteiger partial charge in [0.25, 0.3) is 0 Å². The average molecular weight is 344 g/mol. The van der Waals surface area contributed by atoms with Crippen LogP contribution in [0.2, 0.25) is 0 Å². The van der Waals surface area contributed by atoms with Gasteiger partial charge in [0, 0.05) is 25.6 Å². The van der Waals surface area contributed by atoms with Gasteiger partial charge in [0.15, 0.2) is 9.84 Å². The molecule has 0 saturated carbocycles. The molecule has 0 aromatic carbocycles. The second-order valence-corrected chi connectivity index (χ2v) is 9.22. The van der Waals surface area contributed by atoms with Crippen molar-refractivity contribution < 1.29 is 22.7 Å². The van der Waals surface area contributed by atoms with Crippen molar-refractivity contribution in [2.45, 2.75) is 44.9 Å². The summed E-state index contributed by atoms with van der Waals surface area (Å²) in [5.74, 6) is -0.301. The van der Waals surface area contributed by atoms with Crippen molar-refractivity contribution in [3.05, 3.63) is 0 Å². The highest BCUT2D eigenvalue weighted by Crippen LogP contribution is 2.28. The number of rotatable bonds is 2. The van der Waals surface area contributed by atoms with E-state index < -0.39 is 9.84 Å². The van der Waals surface area contributed by atoms with E-state index in [1.54, 1.807) is 9.80 Å². The third-order valence-electron chi connectivity index (χ3n) is 5.05. The quantitative estimate of drug-likeness (QED) is 0.684. The number of hydrogen-bond donors (Lipinski definition) is 0. The third-order valence-corrected chi connectivity index (χ3v) is 6.80. The van der Waals surface area contributed by atoms with E-state index in [-0.39, 0.29) is 53.8 Å². The van der Waals surface area contributed by atoms with Crippen molar-refractivity contribution in [1.82, 2.24) is 9.80 Å². The summed E-state index contributed by atoms with van der Waals surface area (Å²) in [5.41, 5.74) is 0. The van der Waals surface area contributed by atoms with Crippen LogP contribution < -0.4 is 0 Å². The van der Waals surface area contributed by atoms with E-state index in [0.29, 0.717) is 26.1 Å². The highest BCUT2D eigenvalue weighted by atomic mass is 32.2. The van der Waals surface area contributed by atoms with Crippen molar-refractivity contribution >= 4 is 21.7 Å². The van der Waals surface area contributed by atoms with E-state index in [1.165, 1.54) is 0 Å². The van der Waals surface area contributed by atoms with Crippen molar-refractivity contribution in [2.24, 2.45) is 5.92 Å².